The van der Waals surface area contributed by atoms with Gasteiger partial charge in [0.1, 0.15) is 5.75 Å². The van der Waals surface area contributed by atoms with Gasteiger partial charge in [0.05, 0.1) is 12.4 Å². The number of carbonyl (C=O) groups excluding carboxylic acids is 1. The molecular weight excluding hydrogens is 358 g/mol. The number of Topliss-reactive ketones (excluding diaryl/α,β-unsaturated/α-hetero) is 1. The van der Waals surface area contributed by atoms with Gasteiger partial charge >= 0.3 is 0 Å². The molecule has 1 unspecified atom stereocenters. The van der Waals surface area contributed by atoms with Gasteiger partial charge in [-0.25, -0.2) is 0 Å². The van der Waals surface area contributed by atoms with E-state index < -0.39 is 0 Å². The fourth-order valence-corrected chi connectivity index (χ4v) is 3.86. The molecule has 0 N–H and O–H groups in total. The van der Waals surface area contributed by atoms with E-state index in [9.17, 15) is 4.79 Å². The van der Waals surface area contributed by atoms with Gasteiger partial charge in [-0.15, -0.1) is 10.2 Å². The van der Waals surface area contributed by atoms with E-state index in [1.165, 1.54) is 11.8 Å². The molecule has 3 aromatic rings. The number of methoxy groups -OCH3 is 1. The van der Waals surface area contributed by atoms with Gasteiger partial charge in [0, 0.05) is 18.2 Å². The molecule has 2 aromatic carbocycles. The predicted molar refractivity (Wildman–Crippen MR) is 108 cm³/mol. The maximum atomic E-state index is 12.9. The summed E-state index contributed by atoms with van der Waals surface area (Å²) in [7, 11) is 3.55. The van der Waals surface area contributed by atoms with E-state index >= 15 is 0 Å². The van der Waals surface area contributed by atoms with Crippen LogP contribution in [0.15, 0.2) is 53.7 Å². The topological polar surface area (TPSA) is 57.0 Å². The lowest BCUT2D eigenvalue weighted by atomic mass is 10.1. The highest BCUT2D eigenvalue weighted by Crippen LogP contribution is 2.30. The van der Waals surface area contributed by atoms with E-state index in [2.05, 4.69) is 23.2 Å². The molecule has 0 aliphatic rings. The maximum absolute atomic E-state index is 12.9. The van der Waals surface area contributed by atoms with Crippen molar-refractivity contribution in [1.82, 2.24) is 14.8 Å². The van der Waals surface area contributed by atoms with Gasteiger partial charge in [0.15, 0.2) is 16.8 Å². The molecule has 5 nitrogen and oxygen atoms in total. The Morgan fingerprint density at radius 2 is 1.85 bits per heavy atom. The van der Waals surface area contributed by atoms with Crippen molar-refractivity contribution in [3.63, 3.8) is 0 Å². The van der Waals surface area contributed by atoms with Crippen LogP contribution in [0.5, 0.6) is 5.75 Å². The molecule has 0 saturated carbocycles. The molecule has 0 aliphatic carbocycles. The number of benzene rings is 2. The van der Waals surface area contributed by atoms with Crippen LogP contribution in [0.2, 0.25) is 0 Å². The number of ketones is 1. The van der Waals surface area contributed by atoms with E-state index in [1.807, 2.05) is 48.9 Å². The molecule has 3 rings (SSSR count). The van der Waals surface area contributed by atoms with Gasteiger partial charge in [0.25, 0.3) is 0 Å². The Bertz CT molecular complexity index is 935. The second-order valence-corrected chi connectivity index (χ2v) is 7.46. The summed E-state index contributed by atoms with van der Waals surface area (Å²) in [5.41, 5.74) is 2.87. The summed E-state index contributed by atoms with van der Waals surface area (Å²) in [6.07, 6.45) is 0.710. The van der Waals surface area contributed by atoms with Crippen molar-refractivity contribution >= 4 is 17.5 Å². The maximum Gasteiger partial charge on any atom is 0.191 e. The van der Waals surface area contributed by atoms with Crippen LogP contribution in [-0.4, -0.2) is 32.9 Å². The summed E-state index contributed by atoms with van der Waals surface area (Å²) < 4.78 is 7.12. The zero-order valence-electron chi connectivity index (χ0n) is 16.0. The zero-order chi connectivity index (χ0) is 19.4. The molecule has 1 aromatic heterocycles. The molecule has 6 heteroatoms. The van der Waals surface area contributed by atoms with E-state index in [0.29, 0.717) is 12.0 Å². The monoisotopic (exact) mass is 381 g/mol. The van der Waals surface area contributed by atoms with Crippen molar-refractivity contribution in [2.24, 2.45) is 7.05 Å². The van der Waals surface area contributed by atoms with Gasteiger partial charge in [-0.3, -0.25) is 4.79 Å². The van der Waals surface area contributed by atoms with Crippen LogP contribution in [0.4, 0.5) is 0 Å². The summed E-state index contributed by atoms with van der Waals surface area (Å²) in [6, 6.07) is 15.3. The Morgan fingerprint density at radius 1 is 1.15 bits per heavy atom. The van der Waals surface area contributed by atoms with Crippen molar-refractivity contribution < 1.29 is 9.53 Å². The van der Waals surface area contributed by atoms with Crippen molar-refractivity contribution in [2.75, 3.05) is 7.11 Å². The largest absolute Gasteiger partial charge is 0.497 e. The van der Waals surface area contributed by atoms with Gasteiger partial charge < -0.3 is 9.30 Å². The minimum Gasteiger partial charge on any atom is -0.497 e. The van der Waals surface area contributed by atoms with Crippen LogP contribution >= 0.6 is 11.8 Å². The number of aryl methyl sites for hydroxylation is 1. The Kier molecular flexibility index (Phi) is 5.96. The summed E-state index contributed by atoms with van der Waals surface area (Å²) in [5.74, 6) is 1.64. The molecule has 1 atom stereocenters. The first-order chi connectivity index (χ1) is 13.0. The SMILES string of the molecule is CCC(Sc1nnc(-c2ccccc2C)n1C)C(=O)c1ccc(OC)cc1. The molecule has 0 radical (unpaired) electrons. The highest BCUT2D eigenvalue weighted by molar-refractivity contribution is 8.00. The zero-order valence-corrected chi connectivity index (χ0v) is 16.8. The van der Waals surface area contributed by atoms with E-state index in [0.717, 1.165) is 27.9 Å². The second-order valence-electron chi connectivity index (χ2n) is 6.29. The number of hydrogen-bond donors (Lipinski definition) is 0. The molecule has 0 bridgehead atoms. The normalized spacial score (nSPS) is 12.0. The average molecular weight is 382 g/mol. The van der Waals surface area contributed by atoms with Crippen LogP contribution in [0.1, 0.15) is 29.3 Å². The van der Waals surface area contributed by atoms with Gasteiger partial charge in [-0.05, 0) is 43.2 Å². The molecule has 0 saturated heterocycles. The van der Waals surface area contributed by atoms with E-state index in [4.69, 9.17) is 4.74 Å². The quantitative estimate of drug-likeness (QED) is 0.444. The van der Waals surface area contributed by atoms with Crippen molar-refractivity contribution in [3.8, 4) is 17.1 Å². The second kappa shape index (κ2) is 8.39. The van der Waals surface area contributed by atoms with Crippen molar-refractivity contribution in [3.05, 3.63) is 59.7 Å². The summed E-state index contributed by atoms with van der Waals surface area (Å²) in [5, 5.41) is 9.20. The lowest BCUT2D eigenvalue weighted by molar-refractivity contribution is 0.0988. The smallest absolute Gasteiger partial charge is 0.191 e. The number of ether oxygens (including phenoxy) is 1. The first-order valence-corrected chi connectivity index (χ1v) is 9.73. The molecule has 0 fully saturated rings. The molecule has 0 spiro atoms. The third kappa shape index (κ3) is 4.06. The van der Waals surface area contributed by atoms with Crippen LogP contribution < -0.4 is 4.74 Å². The van der Waals surface area contributed by atoms with Gasteiger partial charge in [-0.2, -0.15) is 0 Å². The standard InChI is InChI=1S/C21H23N3O2S/c1-5-18(19(25)15-10-12-16(26-4)13-11-15)27-21-23-22-20(24(21)3)17-9-7-6-8-14(17)2/h6-13,18H,5H2,1-4H3. The molecular formula is C21H23N3O2S. The average Bonchev–Trinajstić information content (AvgIpc) is 3.06. The first-order valence-electron chi connectivity index (χ1n) is 8.85. The summed E-state index contributed by atoms with van der Waals surface area (Å²) >= 11 is 1.46. The number of carbonyl (C=O) groups is 1. The molecule has 27 heavy (non-hydrogen) atoms. The Morgan fingerprint density at radius 3 is 2.48 bits per heavy atom. The Balaban J connectivity index is 1.82. The van der Waals surface area contributed by atoms with E-state index in [1.54, 1.807) is 19.2 Å². The number of thioether (sulfide) groups is 1. The van der Waals surface area contributed by atoms with Gasteiger partial charge in [-0.1, -0.05) is 43.0 Å². The fourth-order valence-electron chi connectivity index (χ4n) is 2.87. The highest BCUT2D eigenvalue weighted by atomic mass is 32.2. The third-order valence-electron chi connectivity index (χ3n) is 4.51. The van der Waals surface area contributed by atoms with Crippen LogP contribution in [0, 0.1) is 6.92 Å². The number of hydrogen-bond acceptors (Lipinski definition) is 5. The Hall–Kier alpha value is -2.60. The highest BCUT2D eigenvalue weighted by Gasteiger charge is 2.23. The minimum absolute atomic E-state index is 0.0885. The van der Waals surface area contributed by atoms with Crippen molar-refractivity contribution in [2.45, 2.75) is 30.7 Å². The van der Waals surface area contributed by atoms with Crippen LogP contribution in [0.25, 0.3) is 11.4 Å². The number of nitrogens with zero attached hydrogens (tertiary/aromatic N) is 3. The molecule has 140 valence electrons. The molecule has 0 amide bonds. The summed E-state index contributed by atoms with van der Waals surface area (Å²) in [4.78, 5) is 12.9. The molecule has 0 aliphatic heterocycles. The predicted octanol–water partition coefficient (Wildman–Crippen LogP) is 4.55. The number of rotatable bonds is 7. The lowest BCUT2D eigenvalue weighted by Gasteiger charge is -2.13. The van der Waals surface area contributed by atoms with E-state index in [-0.39, 0.29) is 11.0 Å². The summed E-state index contributed by atoms with van der Waals surface area (Å²) in [6.45, 7) is 4.07. The van der Waals surface area contributed by atoms with Crippen LogP contribution in [0.3, 0.4) is 0 Å². The first kappa shape index (κ1) is 19.2. The third-order valence-corrected chi connectivity index (χ3v) is 5.90. The van der Waals surface area contributed by atoms with Gasteiger partial charge in [0.2, 0.25) is 0 Å². The Labute approximate surface area is 163 Å². The van der Waals surface area contributed by atoms with Crippen molar-refractivity contribution in [1.29, 1.82) is 0 Å². The minimum atomic E-state index is -0.217. The van der Waals surface area contributed by atoms with Crippen LogP contribution in [-0.2, 0) is 7.05 Å². The number of aromatic nitrogens is 3. The fraction of sp³-hybridized carbons (Fsp3) is 0.286. The lowest BCUT2D eigenvalue weighted by Crippen LogP contribution is -2.17. The molecule has 1 heterocycles.